The highest BCUT2D eigenvalue weighted by Crippen LogP contribution is 2.49. The number of amides is 1. The lowest BCUT2D eigenvalue weighted by Gasteiger charge is -2.16. The van der Waals surface area contributed by atoms with Crippen LogP contribution in [0.4, 0.5) is 0 Å². The first-order valence-electron chi connectivity index (χ1n) is 4.17. The van der Waals surface area contributed by atoms with Gasteiger partial charge in [0.05, 0.1) is 0 Å². The number of piperidine rings is 1. The highest BCUT2D eigenvalue weighted by Gasteiger charge is 2.54. The third-order valence-corrected chi connectivity index (χ3v) is 2.94. The summed E-state index contributed by atoms with van der Waals surface area (Å²) in [6.07, 6.45) is 3.73. The molecule has 54 valence electrons. The highest BCUT2D eigenvalue weighted by molar-refractivity contribution is 5.85. The van der Waals surface area contributed by atoms with Gasteiger partial charge in [-0.15, -0.1) is 0 Å². The fraction of sp³-hybridized carbons (Fsp3) is 0.875. The number of rotatable bonds is 1. The first-order chi connectivity index (χ1) is 4.86. The van der Waals surface area contributed by atoms with E-state index in [1.165, 1.54) is 19.3 Å². The first kappa shape index (κ1) is 5.16. The molecule has 0 aromatic carbocycles. The van der Waals surface area contributed by atoms with Gasteiger partial charge in [-0.25, -0.2) is 0 Å². The molecule has 0 spiro atoms. The van der Waals surface area contributed by atoms with E-state index in [2.05, 4.69) is 4.90 Å². The summed E-state index contributed by atoms with van der Waals surface area (Å²) in [5.74, 6) is 1.71. The lowest BCUT2D eigenvalue weighted by molar-refractivity contribution is -0.130. The van der Waals surface area contributed by atoms with Crippen LogP contribution in [0.3, 0.4) is 0 Å². The van der Waals surface area contributed by atoms with Gasteiger partial charge in [0, 0.05) is 18.5 Å². The Kier molecular flexibility index (Phi) is 0.715. The van der Waals surface area contributed by atoms with E-state index in [0.29, 0.717) is 17.9 Å². The summed E-state index contributed by atoms with van der Waals surface area (Å²) >= 11 is 0. The minimum Gasteiger partial charge on any atom is -0.339 e. The number of fused-ring (bicyclic) bond motifs is 1. The molecule has 0 aromatic heterocycles. The van der Waals surface area contributed by atoms with E-state index in [-0.39, 0.29) is 0 Å². The van der Waals surface area contributed by atoms with Crippen LogP contribution in [0.25, 0.3) is 0 Å². The maximum atomic E-state index is 11.4. The van der Waals surface area contributed by atoms with Crippen molar-refractivity contribution in [3.05, 3.63) is 0 Å². The molecule has 3 fully saturated rings. The SMILES string of the molecule is O=C1C2CC2CN1C1CC1. The molecule has 2 saturated carbocycles. The average Bonchev–Trinajstić information content (AvgIpc) is 2.80. The summed E-state index contributed by atoms with van der Waals surface area (Å²) in [5, 5.41) is 0. The Morgan fingerprint density at radius 2 is 2.20 bits per heavy atom. The normalized spacial score (nSPS) is 44.0. The van der Waals surface area contributed by atoms with Crippen LogP contribution in [-0.2, 0) is 4.79 Å². The maximum Gasteiger partial charge on any atom is 0.226 e. The standard InChI is InChI=1S/C8H11NO/c10-8-7-3-5(7)4-9(8)6-1-2-6/h5-7H,1-4H2. The van der Waals surface area contributed by atoms with Gasteiger partial charge in [0.2, 0.25) is 5.91 Å². The Bertz CT molecular complexity index is 197. The van der Waals surface area contributed by atoms with E-state index in [1.54, 1.807) is 0 Å². The van der Waals surface area contributed by atoms with E-state index < -0.39 is 0 Å². The number of hydrogen-bond acceptors (Lipinski definition) is 1. The molecule has 1 aliphatic heterocycles. The molecule has 2 aliphatic carbocycles. The molecule has 0 N–H and O–H groups in total. The van der Waals surface area contributed by atoms with Crippen molar-refractivity contribution in [2.45, 2.75) is 25.3 Å². The lowest BCUT2D eigenvalue weighted by atomic mass is 10.4. The van der Waals surface area contributed by atoms with Crippen molar-refractivity contribution >= 4 is 5.91 Å². The molecule has 2 nitrogen and oxygen atoms in total. The quantitative estimate of drug-likeness (QED) is 0.519. The minimum atomic E-state index is 0.465. The van der Waals surface area contributed by atoms with Crippen LogP contribution < -0.4 is 0 Å². The van der Waals surface area contributed by atoms with Crippen molar-refractivity contribution in [3.63, 3.8) is 0 Å². The van der Waals surface area contributed by atoms with Crippen LogP contribution in [0.2, 0.25) is 0 Å². The van der Waals surface area contributed by atoms with Crippen LogP contribution in [-0.4, -0.2) is 23.4 Å². The Morgan fingerprint density at radius 3 is 2.70 bits per heavy atom. The molecule has 1 heterocycles. The maximum absolute atomic E-state index is 11.4. The van der Waals surface area contributed by atoms with Crippen molar-refractivity contribution in [1.29, 1.82) is 0 Å². The summed E-state index contributed by atoms with van der Waals surface area (Å²) in [6.45, 7) is 1.09. The zero-order valence-electron chi connectivity index (χ0n) is 5.92. The van der Waals surface area contributed by atoms with Crippen molar-refractivity contribution in [1.82, 2.24) is 4.90 Å². The molecule has 0 radical (unpaired) electrons. The molecular formula is C8H11NO. The summed E-state index contributed by atoms with van der Waals surface area (Å²) in [4.78, 5) is 13.5. The van der Waals surface area contributed by atoms with Crippen LogP contribution in [0.5, 0.6) is 0 Å². The number of hydrogen-bond donors (Lipinski definition) is 0. The molecule has 1 amide bonds. The second-order valence-corrected chi connectivity index (χ2v) is 3.82. The van der Waals surface area contributed by atoms with Gasteiger partial charge in [0.15, 0.2) is 0 Å². The Balaban J connectivity index is 1.81. The topological polar surface area (TPSA) is 20.3 Å². The zero-order valence-corrected chi connectivity index (χ0v) is 5.92. The summed E-state index contributed by atoms with van der Waals surface area (Å²) in [6, 6.07) is 0.667. The number of likely N-dealkylation sites (tertiary alicyclic amines) is 1. The number of carbonyl (C=O) groups excluding carboxylic acids is 1. The van der Waals surface area contributed by atoms with Gasteiger partial charge in [-0.05, 0) is 25.2 Å². The molecule has 2 unspecified atom stereocenters. The molecule has 2 heteroatoms. The van der Waals surface area contributed by atoms with E-state index >= 15 is 0 Å². The van der Waals surface area contributed by atoms with Gasteiger partial charge in [-0.3, -0.25) is 4.79 Å². The third kappa shape index (κ3) is 0.522. The predicted molar refractivity (Wildman–Crippen MR) is 36.3 cm³/mol. The van der Waals surface area contributed by atoms with Gasteiger partial charge in [-0.1, -0.05) is 0 Å². The third-order valence-electron chi connectivity index (χ3n) is 2.94. The molecule has 10 heavy (non-hydrogen) atoms. The highest BCUT2D eigenvalue weighted by atomic mass is 16.2. The zero-order chi connectivity index (χ0) is 6.72. The van der Waals surface area contributed by atoms with E-state index in [9.17, 15) is 4.79 Å². The minimum absolute atomic E-state index is 0.465. The summed E-state index contributed by atoms with van der Waals surface area (Å²) in [5.41, 5.74) is 0. The summed E-state index contributed by atoms with van der Waals surface area (Å²) in [7, 11) is 0. The molecule has 3 aliphatic rings. The van der Waals surface area contributed by atoms with E-state index in [0.717, 1.165) is 12.5 Å². The van der Waals surface area contributed by atoms with Gasteiger partial charge in [-0.2, -0.15) is 0 Å². The molecule has 0 aromatic rings. The second kappa shape index (κ2) is 1.39. The Morgan fingerprint density at radius 1 is 1.40 bits per heavy atom. The molecule has 0 bridgehead atoms. The van der Waals surface area contributed by atoms with Crippen molar-refractivity contribution in [2.24, 2.45) is 11.8 Å². The van der Waals surface area contributed by atoms with Gasteiger partial charge in [0.25, 0.3) is 0 Å². The fourth-order valence-corrected chi connectivity index (χ4v) is 2.02. The number of nitrogens with zero attached hydrogens (tertiary/aromatic N) is 1. The van der Waals surface area contributed by atoms with E-state index in [1.807, 2.05) is 0 Å². The van der Waals surface area contributed by atoms with Crippen LogP contribution in [0.15, 0.2) is 0 Å². The van der Waals surface area contributed by atoms with Crippen molar-refractivity contribution in [3.8, 4) is 0 Å². The molecule has 1 saturated heterocycles. The lowest BCUT2D eigenvalue weighted by Crippen LogP contribution is -2.30. The molecule has 2 atom stereocenters. The first-order valence-corrected chi connectivity index (χ1v) is 4.17. The van der Waals surface area contributed by atoms with Gasteiger partial charge >= 0.3 is 0 Å². The van der Waals surface area contributed by atoms with Crippen molar-refractivity contribution < 1.29 is 4.79 Å². The van der Waals surface area contributed by atoms with Gasteiger partial charge in [0.1, 0.15) is 0 Å². The Labute approximate surface area is 60.2 Å². The molecule has 3 rings (SSSR count). The van der Waals surface area contributed by atoms with E-state index in [4.69, 9.17) is 0 Å². The fourth-order valence-electron chi connectivity index (χ4n) is 2.02. The van der Waals surface area contributed by atoms with Crippen LogP contribution in [0.1, 0.15) is 19.3 Å². The largest absolute Gasteiger partial charge is 0.339 e. The molecular weight excluding hydrogens is 126 g/mol. The second-order valence-electron chi connectivity index (χ2n) is 3.82. The predicted octanol–water partition coefficient (Wildman–Crippen LogP) is 0.627. The monoisotopic (exact) mass is 137 g/mol. The summed E-state index contributed by atoms with van der Waals surface area (Å²) < 4.78 is 0. The average molecular weight is 137 g/mol. The van der Waals surface area contributed by atoms with Gasteiger partial charge < -0.3 is 4.90 Å². The smallest absolute Gasteiger partial charge is 0.226 e. The van der Waals surface area contributed by atoms with Crippen LogP contribution in [0, 0.1) is 11.8 Å². The van der Waals surface area contributed by atoms with Crippen LogP contribution >= 0.6 is 0 Å². The number of carbonyl (C=O) groups is 1. The Hall–Kier alpha value is -0.530. The van der Waals surface area contributed by atoms with Crippen molar-refractivity contribution in [2.75, 3.05) is 6.54 Å².